The third kappa shape index (κ3) is 1.94. The second-order valence-electron chi connectivity index (χ2n) is 4.82. The maximum Gasteiger partial charge on any atom is 0.0453 e. The van der Waals surface area contributed by atoms with E-state index >= 15 is 0 Å². The molecule has 1 aliphatic rings. The first-order valence-electron chi connectivity index (χ1n) is 5.06. The highest BCUT2D eigenvalue weighted by molar-refractivity contribution is 6.31. The molecule has 1 aromatic rings. The molecule has 0 radical (unpaired) electrons. The van der Waals surface area contributed by atoms with E-state index in [9.17, 15) is 0 Å². The zero-order valence-electron chi connectivity index (χ0n) is 8.68. The quantitative estimate of drug-likeness (QED) is 0.748. The van der Waals surface area contributed by atoms with Gasteiger partial charge in [-0.3, -0.25) is 0 Å². The predicted octanol–water partition coefficient (Wildman–Crippen LogP) is 3.40. The molecule has 1 atom stereocenters. The predicted molar refractivity (Wildman–Crippen MR) is 60.6 cm³/mol. The summed E-state index contributed by atoms with van der Waals surface area (Å²) in [6, 6.07) is 8.53. The molecule has 2 rings (SSSR count). The lowest BCUT2D eigenvalue weighted by Gasteiger charge is -2.16. The van der Waals surface area contributed by atoms with E-state index in [2.05, 4.69) is 25.2 Å². The first-order valence-corrected chi connectivity index (χ1v) is 5.44. The highest BCUT2D eigenvalue weighted by atomic mass is 35.5. The van der Waals surface area contributed by atoms with E-state index in [1.807, 2.05) is 18.2 Å². The summed E-state index contributed by atoms with van der Waals surface area (Å²) >= 11 is 6.16. The Kier molecular flexibility index (Phi) is 2.54. The largest absolute Gasteiger partial charge is 0.309 e. The maximum atomic E-state index is 6.16. The second kappa shape index (κ2) is 3.56. The van der Waals surface area contributed by atoms with Gasteiger partial charge in [0.25, 0.3) is 0 Å². The lowest BCUT2D eigenvalue weighted by molar-refractivity contribution is 0.403. The van der Waals surface area contributed by atoms with Crippen LogP contribution >= 0.6 is 11.6 Å². The fourth-order valence-corrected chi connectivity index (χ4v) is 2.34. The fraction of sp³-hybridized carbons (Fsp3) is 0.500. The minimum absolute atomic E-state index is 0.393. The van der Waals surface area contributed by atoms with Gasteiger partial charge in [-0.1, -0.05) is 43.6 Å². The molecule has 0 amide bonds. The number of benzene rings is 1. The van der Waals surface area contributed by atoms with Gasteiger partial charge in [-0.05, 0) is 23.5 Å². The molecule has 2 heteroatoms. The molecule has 0 saturated carbocycles. The molecule has 1 heterocycles. The molecule has 1 N–H and O–H groups in total. The van der Waals surface area contributed by atoms with Crippen LogP contribution in [0.2, 0.25) is 5.02 Å². The van der Waals surface area contributed by atoms with Gasteiger partial charge < -0.3 is 5.32 Å². The van der Waals surface area contributed by atoms with Crippen molar-refractivity contribution in [3.8, 4) is 0 Å². The summed E-state index contributed by atoms with van der Waals surface area (Å²) in [6.45, 7) is 5.65. The Morgan fingerprint density at radius 2 is 2.07 bits per heavy atom. The lowest BCUT2D eigenvalue weighted by atomic mass is 9.89. The van der Waals surface area contributed by atoms with Crippen molar-refractivity contribution in [1.29, 1.82) is 0 Å². The van der Waals surface area contributed by atoms with Crippen molar-refractivity contribution in [3.05, 3.63) is 34.9 Å². The molecular weight excluding hydrogens is 194 g/mol. The minimum atomic E-state index is 0.393. The molecule has 14 heavy (non-hydrogen) atoms. The molecule has 1 aliphatic heterocycles. The van der Waals surface area contributed by atoms with Crippen molar-refractivity contribution in [2.24, 2.45) is 5.41 Å². The molecule has 1 saturated heterocycles. The number of nitrogens with one attached hydrogen (secondary N) is 1. The van der Waals surface area contributed by atoms with Crippen molar-refractivity contribution in [1.82, 2.24) is 5.32 Å². The van der Waals surface area contributed by atoms with Gasteiger partial charge in [0.15, 0.2) is 0 Å². The van der Waals surface area contributed by atoms with Gasteiger partial charge in [-0.15, -0.1) is 0 Å². The van der Waals surface area contributed by atoms with E-state index in [-0.39, 0.29) is 0 Å². The van der Waals surface area contributed by atoms with Crippen molar-refractivity contribution < 1.29 is 0 Å². The highest BCUT2D eigenvalue weighted by Crippen LogP contribution is 2.37. The molecule has 0 bridgehead atoms. The molecule has 76 valence electrons. The fourth-order valence-electron chi connectivity index (χ4n) is 2.07. The third-order valence-corrected chi connectivity index (χ3v) is 3.21. The first-order chi connectivity index (χ1) is 6.58. The van der Waals surface area contributed by atoms with Crippen LogP contribution in [-0.4, -0.2) is 6.54 Å². The summed E-state index contributed by atoms with van der Waals surface area (Å²) in [5.41, 5.74) is 1.63. The van der Waals surface area contributed by atoms with Crippen LogP contribution < -0.4 is 5.32 Å². The van der Waals surface area contributed by atoms with Crippen LogP contribution in [0.3, 0.4) is 0 Å². The van der Waals surface area contributed by atoms with E-state index in [0.717, 1.165) is 18.0 Å². The summed E-state index contributed by atoms with van der Waals surface area (Å²) in [4.78, 5) is 0. The molecule has 1 unspecified atom stereocenters. The maximum absolute atomic E-state index is 6.16. The molecule has 0 spiro atoms. The van der Waals surface area contributed by atoms with E-state index in [1.165, 1.54) is 5.56 Å². The van der Waals surface area contributed by atoms with Crippen LogP contribution in [0.1, 0.15) is 31.9 Å². The van der Waals surface area contributed by atoms with Crippen LogP contribution in [0.15, 0.2) is 24.3 Å². The molecule has 1 aromatic carbocycles. The Bertz CT molecular complexity index is 333. The lowest BCUT2D eigenvalue weighted by Crippen LogP contribution is -2.16. The van der Waals surface area contributed by atoms with Gasteiger partial charge >= 0.3 is 0 Å². The van der Waals surface area contributed by atoms with Crippen LogP contribution in [0.5, 0.6) is 0 Å². The third-order valence-electron chi connectivity index (χ3n) is 2.86. The van der Waals surface area contributed by atoms with Crippen LogP contribution in [0.25, 0.3) is 0 Å². The molecule has 1 fully saturated rings. The van der Waals surface area contributed by atoms with Crippen LogP contribution in [0, 0.1) is 5.41 Å². The Hall–Kier alpha value is -0.530. The van der Waals surface area contributed by atoms with E-state index in [4.69, 9.17) is 11.6 Å². The Morgan fingerprint density at radius 3 is 2.64 bits per heavy atom. The van der Waals surface area contributed by atoms with Gasteiger partial charge in [0.1, 0.15) is 0 Å². The van der Waals surface area contributed by atoms with Gasteiger partial charge in [0.05, 0.1) is 0 Å². The summed E-state index contributed by atoms with van der Waals surface area (Å²) in [6.07, 6.45) is 1.16. The van der Waals surface area contributed by atoms with Crippen molar-refractivity contribution in [3.63, 3.8) is 0 Å². The monoisotopic (exact) mass is 209 g/mol. The normalized spacial score (nSPS) is 25.2. The SMILES string of the molecule is CC1(C)CNC(c2ccccc2Cl)C1. The van der Waals surface area contributed by atoms with Gasteiger partial charge in [-0.25, -0.2) is 0 Å². The summed E-state index contributed by atoms with van der Waals surface area (Å²) in [7, 11) is 0. The molecule has 0 aromatic heterocycles. The second-order valence-corrected chi connectivity index (χ2v) is 5.23. The summed E-state index contributed by atoms with van der Waals surface area (Å²) < 4.78 is 0. The topological polar surface area (TPSA) is 12.0 Å². The average molecular weight is 210 g/mol. The smallest absolute Gasteiger partial charge is 0.0453 e. The van der Waals surface area contributed by atoms with Crippen molar-refractivity contribution in [2.75, 3.05) is 6.54 Å². The minimum Gasteiger partial charge on any atom is -0.309 e. The zero-order valence-corrected chi connectivity index (χ0v) is 9.43. The van der Waals surface area contributed by atoms with Gasteiger partial charge in [0, 0.05) is 17.6 Å². The van der Waals surface area contributed by atoms with E-state index < -0.39 is 0 Å². The summed E-state index contributed by atoms with van der Waals surface area (Å²) in [5.74, 6) is 0. The standard InChI is InChI=1S/C12H16ClN/c1-12(2)7-11(14-8-12)9-5-3-4-6-10(9)13/h3-6,11,14H,7-8H2,1-2H3. The Balaban J connectivity index is 2.22. The molecule has 1 nitrogen and oxygen atoms in total. The zero-order chi connectivity index (χ0) is 10.2. The van der Waals surface area contributed by atoms with Gasteiger partial charge in [0.2, 0.25) is 0 Å². The Morgan fingerprint density at radius 1 is 1.36 bits per heavy atom. The van der Waals surface area contributed by atoms with Crippen LogP contribution in [-0.2, 0) is 0 Å². The average Bonchev–Trinajstić information content (AvgIpc) is 2.47. The van der Waals surface area contributed by atoms with E-state index in [0.29, 0.717) is 11.5 Å². The Labute approximate surface area is 90.5 Å². The summed E-state index contributed by atoms with van der Waals surface area (Å²) in [5, 5.41) is 4.40. The number of hydrogen-bond acceptors (Lipinski definition) is 1. The number of hydrogen-bond donors (Lipinski definition) is 1. The number of halogens is 1. The molecular formula is C12H16ClN. The van der Waals surface area contributed by atoms with Crippen molar-refractivity contribution in [2.45, 2.75) is 26.3 Å². The first kappa shape index (κ1) is 10.0. The van der Waals surface area contributed by atoms with Gasteiger partial charge in [-0.2, -0.15) is 0 Å². The van der Waals surface area contributed by atoms with Crippen LogP contribution in [0.4, 0.5) is 0 Å². The molecule has 0 aliphatic carbocycles. The van der Waals surface area contributed by atoms with Crippen molar-refractivity contribution >= 4 is 11.6 Å². The highest BCUT2D eigenvalue weighted by Gasteiger charge is 2.31. The number of rotatable bonds is 1. The van der Waals surface area contributed by atoms with E-state index in [1.54, 1.807) is 0 Å².